The summed E-state index contributed by atoms with van der Waals surface area (Å²) in [6, 6.07) is 9.20. The van der Waals surface area contributed by atoms with Crippen LogP contribution in [0.5, 0.6) is 0 Å². The maximum atomic E-state index is 12.5. The molecule has 1 aromatic carbocycles. The van der Waals surface area contributed by atoms with E-state index in [1.54, 1.807) is 37.3 Å². The van der Waals surface area contributed by atoms with Crippen molar-refractivity contribution in [1.82, 2.24) is 20.3 Å². The lowest BCUT2D eigenvalue weighted by Crippen LogP contribution is -2.47. The summed E-state index contributed by atoms with van der Waals surface area (Å²) in [5, 5.41) is 3.01. The maximum absolute atomic E-state index is 12.5. The monoisotopic (exact) mass is 369 g/mol. The van der Waals surface area contributed by atoms with Crippen molar-refractivity contribution in [2.75, 3.05) is 5.43 Å². The lowest BCUT2D eigenvalue weighted by Gasteiger charge is -2.16. The second kappa shape index (κ2) is 7.73. The van der Waals surface area contributed by atoms with Gasteiger partial charge >= 0.3 is 0 Å². The fourth-order valence-corrected chi connectivity index (χ4v) is 2.52. The highest BCUT2D eigenvalue weighted by Gasteiger charge is 2.18. The number of anilines is 1. The number of furan rings is 1. The molecule has 1 atom stereocenters. The van der Waals surface area contributed by atoms with Crippen LogP contribution in [0.3, 0.4) is 0 Å². The van der Waals surface area contributed by atoms with Crippen LogP contribution in [-0.2, 0) is 11.3 Å². The number of aromatic nitrogens is 2. The van der Waals surface area contributed by atoms with Gasteiger partial charge in [0.15, 0.2) is 5.76 Å². The number of para-hydroxylation sites is 1. The number of carbonyl (C=O) groups is 2. The predicted octanol–water partition coefficient (Wildman–Crippen LogP) is 1.27. The third-order valence-electron chi connectivity index (χ3n) is 3.96. The first-order chi connectivity index (χ1) is 13.0. The van der Waals surface area contributed by atoms with E-state index in [1.807, 2.05) is 0 Å². The number of amides is 2. The van der Waals surface area contributed by atoms with E-state index >= 15 is 0 Å². The molecule has 3 N–H and O–H groups in total. The van der Waals surface area contributed by atoms with Crippen molar-refractivity contribution >= 4 is 28.7 Å². The van der Waals surface area contributed by atoms with E-state index < -0.39 is 17.9 Å². The van der Waals surface area contributed by atoms with Gasteiger partial charge in [0, 0.05) is 6.54 Å². The summed E-state index contributed by atoms with van der Waals surface area (Å²) in [6.07, 6.45) is 1.37. The van der Waals surface area contributed by atoms with Crippen molar-refractivity contribution < 1.29 is 14.0 Å². The van der Waals surface area contributed by atoms with Crippen LogP contribution in [0, 0.1) is 0 Å². The Balaban J connectivity index is 1.71. The van der Waals surface area contributed by atoms with Crippen LogP contribution >= 0.6 is 0 Å². The van der Waals surface area contributed by atoms with Gasteiger partial charge in [0.05, 0.1) is 17.2 Å². The lowest BCUT2D eigenvalue weighted by molar-refractivity contribution is -0.122. The van der Waals surface area contributed by atoms with Crippen LogP contribution < -0.4 is 21.7 Å². The molecule has 140 valence electrons. The second-order valence-corrected chi connectivity index (χ2v) is 5.79. The quantitative estimate of drug-likeness (QED) is 0.563. The smallest absolute Gasteiger partial charge is 0.287 e. The van der Waals surface area contributed by atoms with Crippen molar-refractivity contribution in [3.8, 4) is 0 Å². The number of carbonyl (C=O) groups excluding carboxylic acids is 2. The summed E-state index contributed by atoms with van der Waals surface area (Å²) in [6.45, 7) is 3.70. The number of nitrogens with one attached hydrogen (secondary N) is 3. The highest BCUT2D eigenvalue weighted by atomic mass is 16.3. The Bertz CT molecular complexity index is 1030. The van der Waals surface area contributed by atoms with Gasteiger partial charge in [0.2, 0.25) is 5.95 Å². The van der Waals surface area contributed by atoms with Crippen LogP contribution in [0.2, 0.25) is 0 Å². The minimum atomic E-state index is -0.836. The average molecular weight is 369 g/mol. The molecule has 3 aromatic rings. The van der Waals surface area contributed by atoms with Gasteiger partial charge in [-0.1, -0.05) is 12.1 Å². The van der Waals surface area contributed by atoms with E-state index in [2.05, 4.69) is 21.2 Å². The number of rotatable bonds is 6. The molecule has 2 heterocycles. The van der Waals surface area contributed by atoms with Gasteiger partial charge in [0.1, 0.15) is 6.04 Å². The summed E-state index contributed by atoms with van der Waals surface area (Å²) in [7, 11) is 0. The van der Waals surface area contributed by atoms with Gasteiger partial charge in [-0.25, -0.2) is 4.98 Å². The predicted molar refractivity (Wildman–Crippen MR) is 99.1 cm³/mol. The molecule has 2 amide bonds. The highest BCUT2D eigenvalue weighted by Crippen LogP contribution is 2.10. The molecule has 0 bridgehead atoms. The second-order valence-electron chi connectivity index (χ2n) is 5.79. The van der Waals surface area contributed by atoms with E-state index in [1.165, 1.54) is 23.8 Å². The molecule has 3 rings (SSSR count). The molecular formula is C18H19N5O4. The van der Waals surface area contributed by atoms with E-state index in [0.29, 0.717) is 17.4 Å². The zero-order valence-electron chi connectivity index (χ0n) is 14.9. The van der Waals surface area contributed by atoms with Gasteiger partial charge in [-0.2, -0.15) is 0 Å². The molecule has 9 nitrogen and oxygen atoms in total. The Hall–Kier alpha value is -3.62. The Kier molecular flexibility index (Phi) is 5.20. The summed E-state index contributed by atoms with van der Waals surface area (Å²) in [4.78, 5) is 41.1. The fraction of sp³-hybridized carbons (Fsp3) is 0.222. The molecule has 0 saturated heterocycles. The summed E-state index contributed by atoms with van der Waals surface area (Å²) < 4.78 is 6.39. The number of nitrogens with zero attached hydrogens (tertiary/aromatic N) is 2. The zero-order valence-corrected chi connectivity index (χ0v) is 14.9. The number of hydrogen-bond acceptors (Lipinski definition) is 6. The average Bonchev–Trinajstić information content (AvgIpc) is 3.21. The molecule has 0 saturated carbocycles. The Labute approximate surface area is 154 Å². The van der Waals surface area contributed by atoms with Gasteiger partial charge < -0.3 is 9.73 Å². The van der Waals surface area contributed by atoms with E-state index in [9.17, 15) is 14.4 Å². The third-order valence-corrected chi connectivity index (χ3v) is 3.96. The van der Waals surface area contributed by atoms with Crippen LogP contribution in [0.1, 0.15) is 24.4 Å². The first-order valence-electron chi connectivity index (χ1n) is 8.41. The molecular weight excluding hydrogens is 350 g/mol. The normalized spacial score (nSPS) is 11.8. The van der Waals surface area contributed by atoms with Crippen LogP contribution in [0.4, 0.5) is 5.95 Å². The standard InChI is InChI=1S/C18H19N5O4/c1-3-23-17(26)12-7-4-5-8-13(12)20-18(23)22-21-15(24)11(2)19-16(25)14-9-6-10-27-14/h4-11H,3H2,1-2H3,(H,19,25)(H,20,22)(H,21,24). The topological polar surface area (TPSA) is 118 Å². The Morgan fingerprint density at radius 3 is 2.70 bits per heavy atom. The Morgan fingerprint density at radius 1 is 1.22 bits per heavy atom. The van der Waals surface area contributed by atoms with Crippen LogP contribution in [-0.4, -0.2) is 27.4 Å². The number of benzene rings is 1. The molecule has 1 unspecified atom stereocenters. The van der Waals surface area contributed by atoms with Crippen molar-refractivity contribution in [1.29, 1.82) is 0 Å². The number of hydrogen-bond donors (Lipinski definition) is 3. The third kappa shape index (κ3) is 3.81. The Morgan fingerprint density at radius 2 is 2.00 bits per heavy atom. The zero-order chi connectivity index (χ0) is 19.4. The SMILES string of the molecule is CCn1c(NNC(=O)C(C)NC(=O)c2ccco2)nc2ccccc2c1=O. The van der Waals surface area contributed by atoms with Gasteiger partial charge in [-0.3, -0.25) is 29.8 Å². The van der Waals surface area contributed by atoms with Crippen molar-refractivity contribution in [3.63, 3.8) is 0 Å². The van der Waals surface area contributed by atoms with Gasteiger partial charge in [-0.05, 0) is 38.1 Å². The molecule has 0 fully saturated rings. The molecule has 27 heavy (non-hydrogen) atoms. The first kappa shape index (κ1) is 18.2. The molecule has 9 heteroatoms. The van der Waals surface area contributed by atoms with Crippen LogP contribution in [0.25, 0.3) is 10.9 Å². The molecule has 0 radical (unpaired) electrons. The van der Waals surface area contributed by atoms with Crippen molar-refractivity contribution in [2.24, 2.45) is 0 Å². The minimum Gasteiger partial charge on any atom is -0.459 e. The minimum absolute atomic E-state index is 0.110. The van der Waals surface area contributed by atoms with Gasteiger partial charge in [-0.15, -0.1) is 0 Å². The lowest BCUT2D eigenvalue weighted by atomic mass is 10.2. The summed E-state index contributed by atoms with van der Waals surface area (Å²) in [5.41, 5.74) is 5.43. The molecule has 0 spiro atoms. The number of hydrazine groups is 1. The van der Waals surface area contributed by atoms with E-state index in [0.717, 1.165) is 0 Å². The summed E-state index contributed by atoms with van der Waals surface area (Å²) in [5.74, 6) is -0.686. The molecule has 0 aliphatic heterocycles. The number of fused-ring (bicyclic) bond motifs is 1. The van der Waals surface area contributed by atoms with E-state index in [-0.39, 0.29) is 17.3 Å². The van der Waals surface area contributed by atoms with E-state index in [4.69, 9.17) is 4.42 Å². The molecule has 2 aromatic heterocycles. The van der Waals surface area contributed by atoms with Crippen molar-refractivity contribution in [3.05, 3.63) is 58.8 Å². The summed E-state index contributed by atoms with van der Waals surface area (Å²) >= 11 is 0. The first-order valence-corrected chi connectivity index (χ1v) is 8.41. The highest BCUT2D eigenvalue weighted by molar-refractivity contribution is 5.95. The van der Waals surface area contributed by atoms with Crippen LogP contribution in [0.15, 0.2) is 51.9 Å². The molecule has 0 aliphatic carbocycles. The molecule has 0 aliphatic rings. The maximum Gasteiger partial charge on any atom is 0.287 e. The fourth-order valence-electron chi connectivity index (χ4n) is 2.52. The van der Waals surface area contributed by atoms with Gasteiger partial charge in [0.25, 0.3) is 17.4 Å². The van der Waals surface area contributed by atoms with Crippen molar-refractivity contribution in [2.45, 2.75) is 26.4 Å². The largest absolute Gasteiger partial charge is 0.459 e.